The van der Waals surface area contributed by atoms with Crippen molar-refractivity contribution in [3.63, 3.8) is 0 Å². The molecule has 0 atom stereocenters. The second-order valence-electron chi connectivity index (χ2n) is 4.86. The third-order valence-electron chi connectivity index (χ3n) is 3.32. The van der Waals surface area contributed by atoms with Crippen molar-refractivity contribution in [2.24, 2.45) is 0 Å². The highest BCUT2D eigenvalue weighted by Gasteiger charge is 2.06. The first-order valence-corrected chi connectivity index (χ1v) is 8.02. The van der Waals surface area contributed by atoms with E-state index in [1.54, 1.807) is 23.9 Å². The summed E-state index contributed by atoms with van der Waals surface area (Å²) in [5.74, 6) is -0.273. The lowest BCUT2D eigenvalue weighted by Gasteiger charge is -2.05. The number of carbonyl (C=O) groups excluding carboxylic acids is 1. The third-order valence-corrected chi connectivity index (χ3v) is 4.32. The molecule has 0 saturated heterocycles. The van der Waals surface area contributed by atoms with Crippen LogP contribution in [0.4, 0.5) is 0 Å². The van der Waals surface area contributed by atoms with E-state index in [-0.39, 0.29) is 5.97 Å². The van der Waals surface area contributed by atoms with Gasteiger partial charge in [0.25, 0.3) is 0 Å². The van der Waals surface area contributed by atoms with E-state index in [9.17, 15) is 4.79 Å². The maximum atomic E-state index is 11.6. The summed E-state index contributed by atoms with van der Waals surface area (Å²) in [6.07, 6.45) is 0. The Hall–Kier alpha value is -2.26. The van der Waals surface area contributed by atoms with Gasteiger partial charge in [-0.3, -0.25) is 0 Å². The van der Waals surface area contributed by atoms with E-state index in [4.69, 9.17) is 4.74 Å². The van der Waals surface area contributed by atoms with Crippen LogP contribution in [0.25, 0.3) is 10.8 Å². The Morgan fingerprint density at radius 3 is 2.32 bits per heavy atom. The molecule has 0 radical (unpaired) electrons. The fourth-order valence-corrected chi connectivity index (χ4v) is 3.11. The number of carbonyl (C=O) groups is 1. The molecule has 3 heteroatoms. The SMILES string of the molecule is CCOC(=O)c1ccc(Sc2ccc3ccccc3c2)cc1. The molecule has 0 amide bonds. The van der Waals surface area contributed by atoms with Crippen LogP contribution in [-0.2, 0) is 4.74 Å². The minimum absolute atomic E-state index is 0.273. The molecule has 0 aliphatic rings. The Bertz CT molecular complexity index is 794. The van der Waals surface area contributed by atoms with Gasteiger partial charge in [0.2, 0.25) is 0 Å². The zero-order chi connectivity index (χ0) is 15.4. The monoisotopic (exact) mass is 308 g/mol. The van der Waals surface area contributed by atoms with E-state index in [0.717, 1.165) is 4.90 Å². The smallest absolute Gasteiger partial charge is 0.338 e. The molecule has 110 valence electrons. The zero-order valence-electron chi connectivity index (χ0n) is 12.3. The first kappa shape index (κ1) is 14.7. The van der Waals surface area contributed by atoms with Crippen molar-refractivity contribution < 1.29 is 9.53 Å². The summed E-state index contributed by atoms with van der Waals surface area (Å²) < 4.78 is 4.99. The van der Waals surface area contributed by atoms with Crippen molar-refractivity contribution in [3.05, 3.63) is 72.3 Å². The van der Waals surface area contributed by atoms with Gasteiger partial charge in [-0.15, -0.1) is 0 Å². The summed E-state index contributed by atoms with van der Waals surface area (Å²) in [6, 6.07) is 22.3. The molecule has 0 N–H and O–H groups in total. The molecule has 0 unspecified atom stereocenters. The second kappa shape index (κ2) is 6.67. The topological polar surface area (TPSA) is 26.3 Å². The zero-order valence-corrected chi connectivity index (χ0v) is 13.1. The van der Waals surface area contributed by atoms with Crippen LogP contribution in [-0.4, -0.2) is 12.6 Å². The fourth-order valence-electron chi connectivity index (χ4n) is 2.24. The van der Waals surface area contributed by atoms with Crippen molar-refractivity contribution in [2.75, 3.05) is 6.61 Å². The average Bonchev–Trinajstić information content (AvgIpc) is 2.56. The highest BCUT2D eigenvalue weighted by atomic mass is 32.2. The van der Waals surface area contributed by atoms with Crippen LogP contribution in [0.2, 0.25) is 0 Å². The van der Waals surface area contributed by atoms with Gasteiger partial charge in [0.05, 0.1) is 12.2 Å². The molecule has 0 aliphatic heterocycles. The Labute approximate surface area is 134 Å². The van der Waals surface area contributed by atoms with Gasteiger partial charge in [-0.25, -0.2) is 4.79 Å². The standard InChI is InChI=1S/C19H16O2S/c1-2-21-19(20)15-8-10-17(11-9-15)22-18-12-7-14-5-3-4-6-16(14)13-18/h3-13H,2H2,1H3. The number of ether oxygens (including phenoxy) is 1. The molecule has 0 bridgehead atoms. The summed E-state index contributed by atoms with van der Waals surface area (Å²) in [6.45, 7) is 2.20. The van der Waals surface area contributed by atoms with E-state index in [1.165, 1.54) is 15.7 Å². The van der Waals surface area contributed by atoms with Gasteiger partial charge in [0, 0.05) is 9.79 Å². The van der Waals surface area contributed by atoms with Crippen LogP contribution in [0.15, 0.2) is 76.5 Å². The largest absolute Gasteiger partial charge is 0.462 e. The number of benzene rings is 3. The summed E-state index contributed by atoms with van der Waals surface area (Å²) in [5, 5.41) is 2.47. The molecule has 0 saturated carbocycles. The maximum absolute atomic E-state index is 11.6. The summed E-state index contributed by atoms with van der Waals surface area (Å²) in [7, 11) is 0. The Kier molecular flexibility index (Phi) is 4.45. The molecule has 22 heavy (non-hydrogen) atoms. The van der Waals surface area contributed by atoms with Crippen molar-refractivity contribution in [1.82, 2.24) is 0 Å². The van der Waals surface area contributed by atoms with Crippen LogP contribution >= 0.6 is 11.8 Å². The predicted octanol–water partition coefficient (Wildman–Crippen LogP) is 5.17. The molecule has 0 heterocycles. The third kappa shape index (κ3) is 3.31. The summed E-state index contributed by atoms with van der Waals surface area (Å²) in [4.78, 5) is 13.9. The van der Waals surface area contributed by atoms with E-state index >= 15 is 0 Å². The predicted molar refractivity (Wildman–Crippen MR) is 90.5 cm³/mol. The van der Waals surface area contributed by atoms with Crippen LogP contribution in [0.5, 0.6) is 0 Å². The van der Waals surface area contributed by atoms with Crippen LogP contribution in [0.3, 0.4) is 0 Å². The number of hydrogen-bond donors (Lipinski definition) is 0. The molecule has 2 nitrogen and oxygen atoms in total. The molecule has 0 aliphatic carbocycles. The first-order valence-electron chi connectivity index (χ1n) is 7.20. The lowest BCUT2D eigenvalue weighted by atomic mass is 10.1. The molecule has 3 aromatic rings. The molecule has 0 fully saturated rings. The van der Waals surface area contributed by atoms with Crippen LogP contribution in [0.1, 0.15) is 17.3 Å². The van der Waals surface area contributed by atoms with Crippen molar-refractivity contribution >= 4 is 28.5 Å². The van der Waals surface area contributed by atoms with Gasteiger partial charge in [-0.1, -0.05) is 42.1 Å². The lowest BCUT2D eigenvalue weighted by Crippen LogP contribution is -2.03. The lowest BCUT2D eigenvalue weighted by molar-refractivity contribution is 0.0526. The fraction of sp³-hybridized carbons (Fsp3) is 0.105. The summed E-state index contributed by atoms with van der Waals surface area (Å²) >= 11 is 1.68. The number of fused-ring (bicyclic) bond motifs is 1. The van der Waals surface area contributed by atoms with Gasteiger partial charge < -0.3 is 4.74 Å². The number of esters is 1. The van der Waals surface area contributed by atoms with Gasteiger partial charge in [0.1, 0.15) is 0 Å². The first-order chi connectivity index (χ1) is 10.8. The molecular weight excluding hydrogens is 292 g/mol. The molecule has 0 spiro atoms. The second-order valence-corrected chi connectivity index (χ2v) is 6.00. The average molecular weight is 308 g/mol. The van der Waals surface area contributed by atoms with E-state index in [0.29, 0.717) is 12.2 Å². The number of hydrogen-bond acceptors (Lipinski definition) is 3. The highest BCUT2D eigenvalue weighted by molar-refractivity contribution is 7.99. The molecular formula is C19H16O2S. The molecule has 0 aromatic heterocycles. The van der Waals surface area contributed by atoms with E-state index < -0.39 is 0 Å². The quantitative estimate of drug-likeness (QED) is 0.622. The minimum Gasteiger partial charge on any atom is -0.462 e. The van der Waals surface area contributed by atoms with Crippen molar-refractivity contribution in [1.29, 1.82) is 0 Å². The van der Waals surface area contributed by atoms with Gasteiger partial charge in [-0.2, -0.15) is 0 Å². The Morgan fingerprint density at radius 2 is 1.59 bits per heavy atom. The maximum Gasteiger partial charge on any atom is 0.338 e. The highest BCUT2D eigenvalue weighted by Crippen LogP contribution is 2.30. The molecule has 3 aromatic carbocycles. The summed E-state index contributed by atoms with van der Waals surface area (Å²) in [5.41, 5.74) is 0.588. The van der Waals surface area contributed by atoms with Crippen LogP contribution in [0, 0.1) is 0 Å². The van der Waals surface area contributed by atoms with Crippen LogP contribution < -0.4 is 0 Å². The normalized spacial score (nSPS) is 10.6. The van der Waals surface area contributed by atoms with Gasteiger partial charge in [0.15, 0.2) is 0 Å². The van der Waals surface area contributed by atoms with Gasteiger partial charge >= 0.3 is 5.97 Å². The Balaban J connectivity index is 1.78. The number of rotatable bonds is 4. The van der Waals surface area contributed by atoms with Gasteiger partial charge in [-0.05, 0) is 54.1 Å². The van der Waals surface area contributed by atoms with E-state index in [1.807, 2.05) is 31.2 Å². The van der Waals surface area contributed by atoms with Crippen molar-refractivity contribution in [2.45, 2.75) is 16.7 Å². The Morgan fingerprint density at radius 1 is 0.909 bits per heavy atom. The minimum atomic E-state index is -0.273. The van der Waals surface area contributed by atoms with Crippen molar-refractivity contribution in [3.8, 4) is 0 Å². The molecule has 3 rings (SSSR count). The van der Waals surface area contributed by atoms with E-state index in [2.05, 4.69) is 30.3 Å².